The first-order chi connectivity index (χ1) is 7.30. The van der Waals surface area contributed by atoms with Gasteiger partial charge in [-0.1, -0.05) is 13.8 Å². The van der Waals surface area contributed by atoms with Crippen molar-refractivity contribution in [1.29, 1.82) is 0 Å². The first-order valence-electron chi connectivity index (χ1n) is 5.19. The van der Waals surface area contributed by atoms with E-state index in [0.717, 1.165) is 0 Å². The molecule has 0 bridgehead atoms. The number of rotatable bonds is 8. The highest BCUT2D eigenvalue weighted by Gasteiger charge is 2.18. The van der Waals surface area contributed by atoms with Crippen LogP contribution in [0.1, 0.15) is 20.3 Å². The lowest BCUT2D eigenvalue weighted by Gasteiger charge is -2.29. The Kier molecular flexibility index (Phi) is 7.09. The number of hydrogen-bond acceptors (Lipinski definition) is 6. The van der Waals surface area contributed by atoms with Crippen LogP contribution >= 0.6 is 0 Å². The summed E-state index contributed by atoms with van der Waals surface area (Å²) in [6.07, 6.45) is 0.635. The summed E-state index contributed by atoms with van der Waals surface area (Å²) in [5.74, 6) is -0.239. The van der Waals surface area contributed by atoms with E-state index in [-0.39, 0.29) is 25.9 Å². The highest BCUT2D eigenvalue weighted by Crippen LogP contribution is 2.10. The maximum absolute atomic E-state index is 10.5. The molecule has 0 radical (unpaired) electrons. The van der Waals surface area contributed by atoms with E-state index in [0.29, 0.717) is 12.3 Å². The van der Waals surface area contributed by atoms with E-state index in [2.05, 4.69) is 0 Å². The Bertz CT molecular complexity index is 278. The molecule has 0 aromatic rings. The molecule has 0 heterocycles. The molecule has 0 aliphatic carbocycles. The van der Waals surface area contributed by atoms with Crippen LogP contribution in [0.4, 0.5) is 0 Å². The molecule has 0 rings (SSSR count). The van der Waals surface area contributed by atoms with E-state index in [1.807, 2.05) is 13.8 Å². The van der Waals surface area contributed by atoms with E-state index in [9.17, 15) is 13.0 Å². The molecule has 0 aliphatic rings. The summed E-state index contributed by atoms with van der Waals surface area (Å²) in [4.78, 5) is 1.40. The summed E-state index contributed by atoms with van der Waals surface area (Å²) in [6.45, 7) is 3.33. The minimum Gasteiger partial charge on any atom is -0.748 e. The number of hydrogen-bond donors (Lipinski definition) is 2. The summed E-state index contributed by atoms with van der Waals surface area (Å²) in [5.41, 5.74) is 0. The summed E-state index contributed by atoms with van der Waals surface area (Å²) in [6, 6.07) is -0.313. The van der Waals surface area contributed by atoms with Gasteiger partial charge < -0.3 is 14.8 Å². The first kappa shape index (κ1) is 15.8. The second-order valence-electron chi connectivity index (χ2n) is 4.18. The molecule has 7 heteroatoms. The predicted octanol–water partition coefficient (Wildman–Crippen LogP) is -0.810. The van der Waals surface area contributed by atoms with Crippen LogP contribution in [-0.2, 0) is 10.1 Å². The zero-order chi connectivity index (χ0) is 12.8. The summed E-state index contributed by atoms with van der Waals surface area (Å²) >= 11 is 0. The van der Waals surface area contributed by atoms with Gasteiger partial charge in [-0.3, -0.25) is 4.90 Å². The molecule has 0 aromatic carbocycles. The molecule has 1 unspecified atom stereocenters. The van der Waals surface area contributed by atoms with Gasteiger partial charge in [0.2, 0.25) is 0 Å². The van der Waals surface area contributed by atoms with Crippen molar-refractivity contribution >= 4 is 10.1 Å². The van der Waals surface area contributed by atoms with E-state index in [1.165, 1.54) is 4.90 Å². The molecule has 0 aromatic heterocycles. The SMILES string of the molecule is CC(C)CC(CO)N(CO)CCS(=O)(=O)[O-]. The summed E-state index contributed by atoms with van der Waals surface area (Å²) < 4.78 is 31.4. The molecule has 0 saturated heterocycles. The van der Waals surface area contributed by atoms with Crippen LogP contribution < -0.4 is 0 Å². The fraction of sp³-hybridized carbons (Fsp3) is 1.00. The molecular weight excluding hydrogens is 234 g/mol. The summed E-state index contributed by atoms with van der Waals surface area (Å²) in [5, 5.41) is 18.2. The smallest absolute Gasteiger partial charge is 0.0959 e. The van der Waals surface area contributed by atoms with Crippen molar-refractivity contribution in [3.63, 3.8) is 0 Å². The van der Waals surface area contributed by atoms with Gasteiger partial charge in [-0.25, -0.2) is 8.42 Å². The first-order valence-corrected chi connectivity index (χ1v) is 6.77. The Morgan fingerprint density at radius 2 is 1.88 bits per heavy atom. The van der Waals surface area contributed by atoms with Crippen molar-refractivity contribution in [1.82, 2.24) is 4.90 Å². The van der Waals surface area contributed by atoms with Crippen molar-refractivity contribution in [2.75, 3.05) is 25.6 Å². The van der Waals surface area contributed by atoms with Gasteiger partial charge in [0.25, 0.3) is 0 Å². The average molecular weight is 254 g/mol. The molecule has 0 fully saturated rings. The van der Waals surface area contributed by atoms with Crippen LogP contribution in [0.25, 0.3) is 0 Å². The number of nitrogens with zero attached hydrogens (tertiary/aromatic N) is 1. The maximum Gasteiger partial charge on any atom is 0.0959 e. The Morgan fingerprint density at radius 1 is 1.31 bits per heavy atom. The fourth-order valence-corrected chi connectivity index (χ4v) is 1.94. The minimum absolute atomic E-state index is 0.0553. The Balaban J connectivity index is 4.33. The maximum atomic E-state index is 10.5. The second kappa shape index (κ2) is 7.18. The fourth-order valence-electron chi connectivity index (χ4n) is 1.48. The van der Waals surface area contributed by atoms with Gasteiger partial charge in [0, 0.05) is 12.6 Å². The van der Waals surface area contributed by atoms with Crippen molar-refractivity contribution in [3.05, 3.63) is 0 Å². The lowest BCUT2D eigenvalue weighted by atomic mass is 10.0. The van der Waals surface area contributed by atoms with Crippen molar-refractivity contribution in [2.24, 2.45) is 5.92 Å². The van der Waals surface area contributed by atoms with E-state index in [1.54, 1.807) is 0 Å². The Morgan fingerprint density at radius 3 is 2.19 bits per heavy atom. The monoisotopic (exact) mass is 254 g/mol. The third kappa shape index (κ3) is 7.13. The van der Waals surface area contributed by atoms with Gasteiger partial charge in [-0.05, 0) is 12.3 Å². The molecule has 0 amide bonds. The Hall–Kier alpha value is -0.210. The average Bonchev–Trinajstić information content (AvgIpc) is 2.14. The molecule has 98 valence electrons. The largest absolute Gasteiger partial charge is 0.748 e. The van der Waals surface area contributed by atoms with Crippen LogP contribution in [-0.4, -0.2) is 59.8 Å². The topological polar surface area (TPSA) is 101 Å². The van der Waals surface area contributed by atoms with Crippen molar-refractivity contribution in [2.45, 2.75) is 26.3 Å². The van der Waals surface area contributed by atoms with E-state index in [4.69, 9.17) is 10.2 Å². The lowest BCUT2D eigenvalue weighted by molar-refractivity contribution is 0.0358. The normalized spacial score (nSPS) is 14.7. The molecule has 0 aliphatic heterocycles. The quantitative estimate of drug-likeness (QED) is 0.434. The number of aliphatic hydroxyl groups excluding tert-OH is 2. The van der Waals surface area contributed by atoms with Crippen LogP contribution in [0.15, 0.2) is 0 Å². The summed E-state index contributed by atoms with van der Waals surface area (Å²) in [7, 11) is -4.28. The molecule has 16 heavy (non-hydrogen) atoms. The van der Waals surface area contributed by atoms with Gasteiger partial charge in [0.1, 0.15) is 0 Å². The van der Waals surface area contributed by atoms with Gasteiger partial charge in [0.05, 0.1) is 29.2 Å². The molecular formula is C9H20NO5S-. The molecule has 6 nitrogen and oxygen atoms in total. The van der Waals surface area contributed by atoms with Crippen LogP contribution in [0.2, 0.25) is 0 Å². The zero-order valence-corrected chi connectivity index (χ0v) is 10.5. The van der Waals surface area contributed by atoms with E-state index >= 15 is 0 Å². The van der Waals surface area contributed by atoms with Gasteiger partial charge in [-0.2, -0.15) is 0 Å². The van der Waals surface area contributed by atoms with E-state index < -0.39 is 15.9 Å². The molecule has 1 atom stereocenters. The minimum atomic E-state index is -4.28. The number of aliphatic hydroxyl groups is 2. The van der Waals surface area contributed by atoms with Crippen molar-refractivity contribution < 1.29 is 23.2 Å². The lowest BCUT2D eigenvalue weighted by Crippen LogP contribution is -2.42. The highest BCUT2D eigenvalue weighted by atomic mass is 32.2. The zero-order valence-electron chi connectivity index (χ0n) is 9.66. The predicted molar refractivity (Wildman–Crippen MR) is 58.7 cm³/mol. The van der Waals surface area contributed by atoms with Gasteiger partial charge in [0.15, 0.2) is 0 Å². The van der Waals surface area contributed by atoms with Crippen molar-refractivity contribution in [3.8, 4) is 0 Å². The standard InChI is InChI=1S/C9H21NO5S/c1-8(2)5-9(6-11)10(7-12)3-4-16(13,14)15/h8-9,11-12H,3-7H2,1-2H3,(H,13,14,15)/p-1. The van der Waals surface area contributed by atoms with Crippen LogP contribution in [0.3, 0.4) is 0 Å². The molecule has 0 spiro atoms. The third-order valence-electron chi connectivity index (χ3n) is 2.28. The highest BCUT2D eigenvalue weighted by molar-refractivity contribution is 7.85. The van der Waals surface area contributed by atoms with Gasteiger partial charge >= 0.3 is 0 Å². The van der Waals surface area contributed by atoms with Crippen LogP contribution in [0.5, 0.6) is 0 Å². The third-order valence-corrected chi connectivity index (χ3v) is 2.96. The van der Waals surface area contributed by atoms with Gasteiger partial charge in [-0.15, -0.1) is 0 Å². The molecule has 0 saturated carbocycles. The molecule has 2 N–H and O–H groups in total. The second-order valence-corrected chi connectivity index (χ2v) is 5.71. The van der Waals surface area contributed by atoms with Crippen LogP contribution in [0, 0.1) is 5.92 Å². The Labute approximate surface area is 96.6 Å².